The number of sulfone groups is 1. The Kier molecular flexibility index (Phi) is 2.97. The second-order valence-electron chi connectivity index (χ2n) is 3.71. The zero-order valence-electron chi connectivity index (χ0n) is 9.58. The van der Waals surface area contributed by atoms with Crippen LogP contribution in [0.15, 0.2) is 12.5 Å². The maximum absolute atomic E-state index is 11.1. The van der Waals surface area contributed by atoms with Crippen LogP contribution >= 0.6 is 0 Å². The molecule has 2 heterocycles. The monoisotopic (exact) mass is 255 g/mol. The highest BCUT2D eigenvalue weighted by atomic mass is 32.2. The first-order valence-corrected chi connectivity index (χ1v) is 7.09. The number of fused-ring (bicyclic) bond motifs is 1. The standard InChI is InChI=1S/C9H13N5O2S/c1-10-8-7-5-13-14(3-4-17(2,15)16)9(7)12-6-11-8/h5-6H,3-4H2,1-2H3,(H,10,11,12). The maximum Gasteiger partial charge on any atom is 0.163 e. The first-order valence-electron chi connectivity index (χ1n) is 5.03. The van der Waals surface area contributed by atoms with E-state index in [-0.39, 0.29) is 5.75 Å². The molecule has 0 amide bonds. The maximum atomic E-state index is 11.1. The Morgan fingerprint density at radius 2 is 2.18 bits per heavy atom. The summed E-state index contributed by atoms with van der Waals surface area (Å²) in [4.78, 5) is 8.16. The minimum atomic E-state index is -3.00. The van der Waals surface area contributed by atoms with Crippen molar-refractivity contribution < 1.29 is 8.42 Å². The third kappa shape index (κ3) is 2.52. The Morgan fingerprint density at radius 3 is 2.82 bits per heavy atom. The molecular formula is C9H13N5O2S. The molecule has 2 rings (SSSR count). The number of anilines is 1. The van der Waals surface area contributed by atoms with Gasteiger partial charge in [0.2, 0.25) is 0 Å². The van der Waals surface area contributed by atoms with Crippen LogP contribution in [0.2, 0.25) is 0 Å². The fraction of sp³-hybridized carbons (Fsp3) is 0.444. The number of nitrogens with zero attached hydrogens (tertiary/aromatic N) is 4. The van der Waals surface area contributed by atoms with Crippen LogP contribution in [0.25, 0.3) is 11.0 Å². The second-order valence-corrected chi connectivity index (χ2v) is 5.97. The molecule has 2 aromatic rings. The van der Waals surface area contributed by atoms with Crippen molar-refractivity contribution in [2.75, 3.05) is 24.4 Å². The molecule has 17 heavy (non-hydrogen) atoms. The fourth-order valence-electron chi connectivity index (χ4n) is 1.51. The Hall–Kier alpha value is -1.70. The van der Waals surface area contributed by atoms with Gasteiger partial charge in [0.1, 0.15) is 22.0 Å². The lowest BCUT2D eigenvalue weighted by atomic mass is 10.4. The molecule has 0 bridgehead atoms. The summed E-state index contributed by atoms with van der Waals surface area (Å²) >= 11 is 0. The average molecular weight is 255 g/mol. The van der Waals surface area contributed by atoms with Crippen LogP contribution in [-0.2, 0) is 16.4 Å². The summed E-state index contributed by atoms with van der Waals surface area (Å²) < 4.78 is 23.8. The van der Waals surface area contributed by atoms with Crippen molar-refractivity contribution in [1.82, 2.24) is 19.7 Å². The smallest absolute Gasteiger partial charge is 0.163 e. The highest BCUT2D eigenvalue weighted by molar-refractivity contribution is 7.90. The van der Waals surface area contributed by atoms with Gasteiger partial charge in [-0.1, -0.05) is 0 Å². The van der Waals surface area contributed by atoms with E-state index < -0.39 is 9.84 Å². The van der Waals surface area contributed by atoms with Gasteiger partial charge >= 0.3 is 0 Å². The minimum absolute atomic E-state index is 0.0443. The lowest BCUT2D eigenvalue weighted by Crippen LogP contribution is -2.12. The number of rotatable bonds is 4. The largest absolute Gasteiger partial charge is 0.372 e. The fourth-order valence-corrected chi connectivity index (χ4v) is 2.01. The molecule has 92 valence electrons. The third-order valence-electron chi connectivity index (χ3n) is 2.34. The minimum Gasteiger partial charge on any atom is -0.372 e. The third-order valence-corrected chi connectivity index (χ3v) is 3.27. The lowest BCUT2D eigenvalue weighted by molar-refractivity contribution is 0.588. The van der Waals surface area contributed by atoms with Crippen LogP contribution in [0.4, 0.5) is 5.82 Å². The van der Waals surface area contributed by atoms with Crippen molar-refractivity contribution in [3.05, 3.63) is 12.5 Å². The van der Waals surface area contributed by atoms with Gasteiger partial charge in [-0.2, -0.15) is 5.10 Å². The molecule has 7 nitrogen and oxygen atoms in total. The van der Waals surface area contributed by atoms with Gasteiger partial charge < -0.3 is 5.32 Å². The van der Waals surface area contributed by atoms with Crippen LogP contribution in [0.5, 0.6) is 0 Å². The summed E-state index contributed by atoms with van der Waals surface area (Å²) in [6, 6.07) is 0. The Labute approximate surface area is 98.8 Å². The molecule has 0 aromatic carbocycles. The number of aryl methyl sites for hydroxylation is 1. The van der Waals surface area contributed by atoms with Gasteiger partial charge in [0.05, 0.1) is 23.9 Å². The number of hydrogen-bond donors (Lipinski definition) is 1. The Bertz CT molecular complexity index is 634. The molecule has 0 atom stereocenters. The van der Waals surface area contributed by atoms with E-state index in [1.165, 1.54) is 12.6 Å². The topological polar surface area (TPSA) is 89.8 Å². The molecule has 0 fully saturated rings. The van der Waals surface area contributed by atoms with Crippen LogP contribution in [0, 0.1) is 0 Å². The first-order chi connectivity index (χ1) is 8.01. The van der Waals surface area contributed by atoms with Crippen molar-refractivity contribution in [2.45, 2.75) is 6.54 Å². The molecule has 1 N–H and O–H groups in total. The van der Waals surface area contributed by atoms with E-state index in [2.05, 4.69) is 20.4 Å². The van der Waals surface area contributed by atoms with E-state index in [9.17, 15) is 8.42 Å². The van der Waals surface area contributed by atoms with Crippen molar-refractivity contribution in [1.29, 1.82) is 0 Å². The van der Waals surface area contributed by atoms with Crippen molar-refractivity contribution >= 4 is 26.7 Å². The molecule has 2 aromatic heterocycles. The van der Waals surface area contributed by atoms with Crippen molar-refractivity contribution in [3.63, 3.8) is 0 Å². The summed E-state index contributed by atoms with van der Waals surface area (Å²) in [5, 5.41) is 7.83. The van der Waals surface area contributed by atoms with E-state index in [0.29, 0.717) is 18.0 Å². The van der Waals surface area contributed by atoms with E-state index in [4.69, 9.17) is 0 Å². The van der Waals surface area contributed by atoms with Gasteiger partial charge in [-0.3, -0.25) is 0 Å². The molecule has 0 saturated carbocycles. The molecule has 0 saturated heterocycles. The SMILES string of the molecule is CNc1ncnc2c1cnn2CCS(C)(=O)=O. The zero-order valence-corrected chi connectivity index (χ0v) is 10.4. The Balaban J connectivity index is 2.37. The van der Waals surface area contributed by atoms with E-state index in [0.717, 1.165) is 5.39 Å². The highest BCUT2D eigenvalue weighted by Crippen LogP contribution is 2.17. The summed E-state index contributed by atoms with van der Waals surface area (Å²) in [6.45, 7) is 0.294. The average Bonchev–Trinajstić information content (AvgIpc) is 2.68. The first kappa shape index (κ1) is 11.8. The van der Waals surface area contributed by atoms with Gasteiger partial charge in [0.25, 0.3) is 0 Å². The number of aromatic nitrogens is 4. The van der Waals surface area contributed by atoms with Gasteiger partial charge in [-0.25, -0.2) is 23.1 Å². The number of hydrogen-bond acceptors (Lipinski definition) is 6. The van der Waals surface area contributed by atoms with E-state index in [1.807, 2.05) is 0 Å². The molecule has 0 aliphatic carbocycles. The van der Waals surface area contributed by atoms with Gasteiger partial charge in [-0.15, -0.1) is 0 Å². The summed E-state index contributed by atoms with van der Waals surface area (Å²) in [7, 11) is -1.24. The van der Waals surface area contributed by atoms with Crippen LogP contribution in [0.1, 0.15) is 0 Å². The predicted octanol–water partition coefficient (Wildman–Crippen LogP) is -0.0874. The second kappa shape index (κ2) is 4.28. The molecule has 8 heteroatoms. The summed E-state index contributed by atoms with van der Waals surface area (Å²) in [5.41, 5.74) is 0.632. The number of nitrogens with one attached hydrogen (secondary N) is 1. The highest BCUT2D eigenvalue weighted by Gasteiger charge is 2.10. The predicted molar refractivity (Wildman–Crippen MR) is 64.6 cm³/mol. The molecule has 0 spiro atoms. The molecule has 0 radical (unpaired) electrons. The molecule has 0 aliphatic heterocycles. The van der Waals surface area contributed by atoms with Gasteiger partial charge in [0.15, 0.2) is 5.65 Å². The molecular weight excluding hydrogens is 242 g/mol. The van der Waals surface area contributed by atoms with Crippen molar-refractivity contribution in [2.24, 2.45) is 0 Å². The summed E-state index contributed by atoms with van der Waals surface area (Å²) in [5.74, 6) is 0.725. The van der Waals surface area contributed by atoms with Gasteiger partial charge in [0, 0.05) is 13.3 Å². The summed E-state index contributed by atoms with van der Waals surface area (Å²) in [6.07, 6.45) is 4.25. The zero-order chi connectivity index (χ0) is 12.5. The van der Waals surface area contributed by atoms with E-state index >= 15 is 0 Å². The molecule has 0 aliphatic rings. The van der Waals surface area contributed by atoms with Crippen molar-refractivity contribution in [3.8, 4) is 0 Å². The Morgan fingerprint density at radius 1 is 1.41 bits per heavy atom. The lowest BCUT2D eigenvalue weighted by Gasteiger charge is -2.02. The molecule has 0 unspecified atom stereocenters. The van der Waals surface area contributed by atoms with Crippen LogP contribution in [-0.4, -0.2) is 47.2 Å². The van der Waals surface area contributed by atoms with Gasteiger partial charge in [-0.05, 0) is 0 Å². The van der Waals surface area contributed by atoms with E-state index in [1.54, 1.807) is 17.9 Å². The van der Waals surface area contributed by atoms with Crippen LogP contribution in [0.3, 0.4) is 0 Å². The normalized spacial score (nSPS) is 11.9. The van der Waals surface area contributed by atoms with Crippen LogP contribution < -0.4 is 5.32 Å². The quantitative estimate of drug-likeness (QED) is 0.821.